The van der Waals surface area contributed by atoms with Crippen LogP contribution in [0.25, 0.3) is 24.3 Å². The monoisotopic (exact) mass is 675 g/mol. The van der Waals surface area contributed by atoms with Crippen LogP contribution in [0.5, 0.6) is 11.5 Å². The van der Waals surface area contributed by atoms with Gasteiger partial charge in [-0.05, 0) is 97.1 Å². The van der Waals surface area contributed by atoms with Gasteiger partial charge in [0, 0.05) is 42.3 Å². The number of ether oxygens (including phenoxy) is 2. The van der Waals surface area contributed by atoms with E-state index in [1.165, 1.54) is 34.3 Å². The van der Waals surface area contributed by atoms with Gasteiger partial charge in [-0.15, -0.1) is 0 Å². The topological polar surface area (TPSA) is 91.5 Å². The molecule has 9 heteroatoms. The molecule has 4 aromatic carbocycles. The van der Waals surface area contributed by atoms with E-state index in [9.17, 15) is 9.59 Å². The Labute approximate surface area is 296 Å². The first kappa shape index (κ1) is 33.0. The molecule has 254 valence electrons. The van der Waals surface area contributed by atoms with Crippen molar-refractivity contribution in [3.05, 3.63) is 161 Å². The maximum atomic E-state index is 12.7. The van der Waals surface area contributed by atoms with Gasteiger partial charge in [0.05, 0.1) is 11.4 Å². The van der Waals surface area contributed by atoms with E-state index < -0.39 is 0 Å². The molecule has 0 aliphatic carbocycles. The van der Waals surface area contributed by atoms with Crippen LogP contribution in [0.15, 0.2) is 128 Å². The van der Waals surface area contributed by atoms with Crippen molar-refractivity contribution in [3.8, 4) is 11.5 Å². The smallest absolute Gasteiger partial charge is 0.278 e. The van der Waals surface area contributed by atoms with Crippen molar-refractivity contribution in [2.45, 2.75) is 19.3 Å². The summed E-state index contributed by atoms with van der Waals surface area (Å²) in [6.45, 7) is 2.39. The maximum Gasteiger partial charge on any atom is 0.278 e. The number of fused-ring (bicyclic) bond motifs is 1. The van der Waals surface area contributed by atoms with Crippen molar-refractivity contribution in [1.82, 2.24) is 19.6 Å². The molecule has 2 aliphatic heterocycles. The molecule has 51 heavy (non-hydrogen) atoms. The Hall–Kier alpha value is -6.48. The summed E-state index contributed by atoms with van der Waals surface area (Å²) in [4.78, 5) is 27.6. The van der Waals surface area contributed by atoms with Crippen molar-refractivity contribution >= 4 is 41.8 Å². The number of hydrogen-bond acceptors (Lipinski definition) is 7. The lowest BCUT2D eigenvalue weighted by Gasteiger charge is -2.28. The minimum atomic E-state index is -0.215. The summed E-state index contributed by atoms with van der Waals surface area (Å²) < 4.78 is 13.3. The largest absolute Gasteiger partial charge is 0.454 e. The standard InChI is InChI=1S/C23H23N3O.C19H14N2O3/c27-23(20-10-13-22(14-11-20)25-16-5-2-6-17-25)26-18-15-21(24-26)12-9-19-7-3-1-4-8-19;22-19(15-7-9-17-18(12-15)24-13-23-17)21-11-10-16(20-21)8-6-14-4-2-1-3-5-14/h1,3-4,7-15,18H,2,5-6,16-17H2;1-12H,13H2/b12-9+;8-6+. The Morgan fingerprint density at radius 3 is 1.67 bits per heavy atom. The Kier molecular flexibility index (Phi) is 10.2. The highest BCUT2D eigenvalue weighted by Gasteiger charge is 2.18. The summed E-state index contributed by atoms with van der Waals surface area (Å²) in [6.07, 6.45) is 14.9. The first-order valence-corrected chi connectivity index (χ1v) is 17.0. The molecule has 4 heterocycles. The van der Waals surface area contributed by atoms with E-state index in [1.807, 2.05) is 115 Å². The number of nitrogens with zero attached hydrogens (tertiary/aromatic N) is 5. The molecule has 0 unspecified atom stereocenters. The quantitative estimate of drug-likeness (QED) is 0.169. The van der Waals surface area contributed by atoms with Crippen LogP contribution in [0.3, 0.4) is 0 Å². The van der Waals surface area contributed by atoms with Gasteiger partial charge in [-0.2, -0.15) is 10.2 Å². The van der Waals surface area contributed by atoms with E-state index in [0.29, 0.717) is 28.3 Å². The summed E-state index contributed by atoms with van der Waals surface area (Å²) >= 11 is 0. The third-order valence-electron chi connectivity index (χ3n) is 8.58. The van der Waals surface area contributed by atoms with Crippen molar-refractivity contribution in [2.24, 2.45) is 0 Å². The lowest BCUT2D eigenvalue weighted by atomic mass is 10.1. The first-order chi connectivity index (χ1) is 25.1. The van der Waals surface area contributed by atoms with Gasteiger partial charge in [-0.1, -0.05) is 72.8 Å². The van der Waals surface area contributed by atoms with Gasteiger partial charge in [-0.25, -0.2) is 9.36 Å². The highest BCUT2D eigenvalue weighted by molar-refractivity contribution is 5.96. The molecule has 8 rings (SSSR count). The molecule has 0 saturated carbocycles. The SMILES string of the molecule is O=C(c1ccc(N2CCCCC2)cc1)n1ccc(/C=C/c2ccccc2)n1.O=C(c1ccc2c(c1)OCO2)n1ccc(/C=C/c2ccccc2)n1. The van der Waals surface area contributed by atoms with Crippen molar-refractivity contribution < 1.29 is 19.1 Å². The molecule has 0 amide bonds. The Morgan fingerprint density at radius 2 is 1.08 bits per heavy atom. The summed E-state index contributed by atoms with van der Waals surface area (Å²) in [7, 11) is 0. The number of carbonyl (C=O) groups excluding carboxylic acids is 2. The molecule has 2 aromatic heterocycles. The molecule has 2 aliphatic rings. The normalized spacial score (nSPS) is 13.7. The molecule has 6 aromatic rings. The highest BCUT2D eigenvalue weighted by atomic mass is 16.7. The predicted octanol–water partition coefficient (Wildman–Crippen LogP) is 8.20. The molecule has 0 N–H and O–H groups in total. The van der Waals surface area contributed by atoms with Crippen LogP contribution in [0.1, 0.15) is 62.5 Å². The number of carbonyl (C=O) groups is 2. The van der Waals surface area contributed by atoms with Crippen LogP contribution in [-0.2, 0) is 0 Å². The number of hydrogen-bond donors (Lipinski definition) is 0. The third kappa shape index (κ3) is 8.40. The second-order valence-electron chi connectivity index (χ2n) is 12.1. The first-order valence-electron chi connectivity index (χ1n) is 17.0. The molecule has 1 saturated heterocycles. The van der Waals surface area contributed by atoms with Crippen LogP contribution >= 0.6 is 0 Å². The fourth-order valence-corrected chi connectivity index (χ4v) is 5.83. The number of benzene rings is 4. The predicted molar refractivity (Wildman–Crippen MR) is 200 cm³/mol. The van der Waals surface area contributed by atoms with Crippen LogP contribution in [0.2, 0.25) is 0 Å². The van der Waals surface area contributed by atoms with E-state index in [2.05, 4.69) is 15.1 Å². The summed E-state index contributed by atoms with van der Waals surface area (Å²) in [5.74, 6) is 0.905. The second-order valence-corrected chi connectivity index (χ2v) is 12.1. The Balaban J connectivity index is 0.000000160. The Bertz CT molecular complexity index is 2140. The maximum absolute atomic E-state index is 12.7. The second kappa shape index (κ2) is 15.8. The minimum absolute atomic E-state index is 0.112. The fourth-order valence-electron chi connectivity index (χ4n) is 5.83. The summed E-state index contributed by atoms with van der Waals surface area (Å²) in [5, 5.41) is 8.69. The average Bonchev–Trinajstić information content (AvgIpc) is 3.99. The van der Waals surface area contributed by atoms with E-state index in [1.54, 1.807) is 36.7 Å². The third-order valence-corrected chi connectivity index (χ3v) is 8.58. The van der Waals surface area contributed by atoms with Gasteiger partial charge in [0.1, 0.15) is 0 Å². The van der Waals surface area contributed by atoms with Gasteiger partial charge in [0.15, 0.2) is 11.5 Å². The van der Waals surface area contributed by atoms with Gasteiger partial charge >= 0.3 is 0 Å². The van der Waals surface area contributed by atoms with Gasteiger partial charge in [0.25, 0.3) is 11.8 Å². The molecule has 0 spiro atoms. The van der Waals surface area contributed by atoms with Crippen molar-refractivity contribution in [1.29, 1.82) is 0 Å². The molecule has 0 bridgehead atoms. The zero-order valence-electron chi connectivity index (χ0n) is 28.0. The molecule has 0 radical (unpaired) electrons. The molecule has 9 nitrogen and oxygen atoms in total. The van der Waals surface area contributed by atoms with E-state index in [4.69, 9.17) is 9.47 Å². The number of rotatable bonds is 7. The molecule has 1 fully saturated rings. The molecular weight excluding hydrogens is 638 g/mol. The van der Waals surface area contributed by atoms with Gasteiger partial charge < -0.3 is 14.4 Å². The highest BCUT2D eigenvalue weighted by Crippen LogP contribution is 2.32. The number of anilines is 1. The van der Waals surface area contributed by atoms with E-state index in [0.717, 1.165) is 29.9 Å². The van der Waals surface area contributed by atoms with E-state index >= 15 is 0 Å². The lowest BCUT2D eigenvalue weighted by molar-refractivity contribution is 0.0937. The van der Waals surface area contributed by atoms with Crippen molar-refractivity contribution in [3.63, 3.8) is 0 Å². The zero-order chi connectivity index (χ0) is 34.8. The summed E-state index contributed by atoms with van der Waals surface area (Å²) in [6, 6.07) is 36.6. The van der Waals surface area contributed by atoms with E-state index in [-0.39, 0.29) is 18.6 Å². The van der Waals surface area contributed by atoms with Gasteiger partial charge in [0.2, 0.25) is 6.79 Å². The zero-order valence-corrected chi connectivity index (χ0v) is 28.0. The average molecular weight is 676 g/mol. The minimum Gasteiger partial charge on any atom is -0.454 e. The molecular formula is C42H37N5O4. The lowest BCUT2D eigenvalue weighted by Crippen LogP contribution is -2.29. The number of aromatic nitrogens is 4. The summed E-state index contributed by atoms with van der Waals surface area (Å²) in [5.41, 5.74) is 6.00. The Morgan fingerprint density at radius 1 is 0.549 bits per heavy atom. The molecule has 0 atom stereocenters. The van der Waals surface area contributed by atoms with Gasteiger partial charge in [-0.3, -0.25) is 9.59 Å². The van der Waals surface area contributed by atoms with Crippen LogP contribution in [0.4, 0.5) is 5.69 Å². The van der Waals surface area contributed by atoms with Crippen LogP contribution < -0.4 is 14.4 Å². The number of piperidine rings is 1. The van der Waals surface area contributed by atoms with Crippen molar-refractivity contribution in [2.75, 3.05) is 24.8 Å². The van der Waals surface area contributed by atoms with Crippen LogP contribution in [-0.4, -0.2) is 51.3 Å². The fraction of sp³-hybridized carbons (Fsp3) is 0.143. The van der Waals surface area contributed by atoms with Crippen LogP contribution in [0, 0.1) is 0 Å².